The maximum Gasteiger partial charge on any atom is 0.175 e. The van der Waals surface area contributed by atoms with Crippen LogP contribution in [0.4, 0.5) is 14.6 Å². The average Bonchev–Trinajstić information content (AvgIpc) is 3.16. The Bertz CT molecular complexity index is 1490. The number of pyridine rings is 1. The van der Waals surface area contributed by atoms with Crippen molar-refractivity contribution >= 4 is 27.5 Å². The number of fused-ring (bicyclic) bond motifs is 4. The molecule has 2 atom stereocenters. The van der Waals surface area contributed by atoms with Gasteiger partial charge in [0, 0.05) is 49.4 Å². The number of halogens is 2. The topological polar surface area (TPSA) is 66.2 Å². The number of aryl methyl sites for hydroxylation is 1. The first-order valence-electron chi connectivity index (χ1n) is 11.4. The number of benzene rings is 2. The van der Waals surface area contributed by atoms with Crippen LogP contribution in [-0.4, -0.2) is 45.0 Å². The second kappa shape index (κ2) is 7.67. The number of phenolic OH excluding ortho intramolecular Hbond substituents is 1. The Morgan fingerprint density at radius 3 is 2.68 bits per heavy atom. The molecule has 2 aromatic heterocycles. The quantitative estimate of drug-likeness (QED) is 0.442. The van der Waals surface area contributed by atoms with E-state index in [-0.39, 0.29) is 22.6 Å². The van der Waals surface area contributed by atoms with E-state index in [0.717, 1.165) is 25.9 Å². The van der Waals surface area contributed by atoms with E-state index in [4.69, 9.17) is 6.42 Å². The van der Waals surface area contributed by atoms with Gasteiger partial charge in [0.2, 0.25) is 0 Å². The molecular formula is C26H23F2N5O. The van der Waals surface area contributed by atoms with Crippen molar-refractivity contribution in [3.63, 3.8) is 0 Å². The Kier molecular flexibility index (Phi) is 4.71. The van der Waals surface area contributed by atoms with Crippen molar-refractivity contribution in [2.45, 2.75) is 31.3 Å². The minimum atomic E-state index is -0.590. The highest BCUT2D eigenvalue weighted by Gasteiger charge is 2.32. The Hall–Kier alpha value is -3.70. The number of aromatic nitrogens is 3. The highest BCUT2D eigenvalue weighted by Crippen LogP contribution is 2.39. The molecule has 4 heterocycles. The molecule has 0 saturated carbocycles. The van der Waals surface area contributed by atoms with Crippen molar-refractivity contribution in [2.75, 3.05) is 18.0 Å². The van der Waals surface area contributed by atoms with Crippen LogP contribution in [0.3, 0.4) is 0 Å². The SMILES string of the molecule is C#Cc1c(F)ccc2cc(O)cc(-c3ncc4c(N5CC6CCCC(C5)N6)nn(C)c4c3F)c12. The Morgan fingerprint density at radius 2 is 1.94 bits per heavy atom. The van der Waals surface area contributed by atoms with Gasteiger partial charge in [-0.1, -0.05) is 18.4 Å². The zero-order valence-corrected chi connectivity index (χ0v) is 18.6. The average molecular weight is 460 g/mol. The lowest BCUT2D eigenvalue weighted by Crippen LogP contribution is -2.59. The van der Waals surface area contributed by atoms with Gasteiger partial charge in [-0.2, -0.15) is 5.10 Å². The van der Waals surface area contributed by atoms with Gasteiger partial charge in [-0.15, -0.1) is 6.42 Å². The lowest BCUT2D eigenvalue weighted by atomic mass is 9.94. The van der Waals surface area contributed by atoms with Crippen molar-refractivity contribution in [3.05, 3.63) is 47.7 Å². The van der Waals surface area contributed by atoms with Crippen molar-refractivity contribution in [3.8, 4) is 29.4 Å². The molecule has 2 N–H and O–H groups in total. The van der Waals surface area contributed by atoms with E-state index in [2.05, 4.69) is 26.2 Å². The summed E-state index contributed by atoms with van der Waals surface area (Å²) in [4.78, 5) is 6.65. The van der Waals surface area contributed by atoms with Crippen LogP contribution in [0.2, 0.25) is 0 Å². The Morgan fingerprint density at radius 1 is 1.18 bits per heavy atom. The minimum absolute atomic E-state index is 0.00634. The standard InChI is InChI=1S/C26H23F2N5O/c1-3-18-21(27)8-7-14-9-17(34)10-19(22(14)18)24-23(28)25-20(11-29-24)26(31-32(25)2)33-12-15-5-4-6-16(13-33)30-15/h1,7-11,15-16,30,34H,4-6,12-13H2,2H3. The van der Waals surface area contributed by atoms with Gasteiger partial charge in [0.25, 0.3) is 0 Å². The second-order valence-corrected chi connectivity index (χ2v) is 9.18. The first-order valence-corrected chi connectivity index (χ1v) is 11.4. The molecular weight excluding hydrogens is 436 g/mol. The summed E-state index contributed by atoms with van der Waals surface area (Å²) in [5.74, 6) is 1.81. The van der Waals surface area contributed by atoms with Crippen molar-refractivity contribution in [1.29, 1.82) is 0 Å². The molecule has 34 heavy (non-hydrogen) atoms. The van der Waals surface area contributed by atoms with Crippen molar-refractivity contribution in [2.24, 2.45) is 7.05 Å². The van der Waals surface area contributed by atoms with Crippen LogP contribution >= 0.6 is 0 Å². The summed E-state index contributed by atoms with van der Waals surface area (Å²) in [5, 5.41) is 20.1. The molecule has 4 aromatic rings. The molecule has 2 aromatic carbocycles. The molecule has 6 rings (SSSR count). The second-order valence-electron chi connectivity index (χ2n) is 9.18. The zero-order valence-electron chi connectivity index (χ0n) is 18.6. The fourth-order valence-corrected chi connectivity index (χ4v) is 5.56. The summed E-state index contributed by atoms with van der Waals surface area (Å²) in [6.45, 7) is 1.63. The predicted molar refractivity (Wildman–Crippen MR) is 128 cm³/mol. The zero-order chi connectivity index (χ0) is 23.6. The highest BCUT2D eigenvalue weighted by atomic mass is 19.1. The number of hydrogen-bond acceptors (Lipinski definition) is 5. The van der Waals surface area contributed by atoms with Gasteiger partial charge in [-0.3, -0.25) is 9.67 Å². The molecule has 2 fully saturated rings. The fraction of sp³-hybridized carbons (Fsp3) is 0.308. The number of aromatic hydroxyl groups is 1. The molecule has 172 valence electrons. The van der Waals surface area contributed by atoms with E-state index in [1.54, 1.807) is 13.2 Å². The van der Waals surface area contributed by atoms with Gasteiger partial charge >= 0.3 is 0 Å². The number of hydrogen-bond donors (Lipinski definition) is 2. The van der Waals surface area contributed by atoms with E-state index < -0.39 is 11.6 Å². The third-order valence-corrected chi connectivity index (χ3v) is 7.01. The highest BCUT2D eigenvalue weighted by molar-refractivity contribution is 6.03. The van der Waals surface area contributed by atoms with Gasteiger partial charge in [-0.05, 0) is 36.4 Å². The summed E-state index contributed by atoms with van der Waals surface area (Å²) in [6.07, 6.45) is 10.7. The van der Waals surface area contributed by atoms with E-state index in [1.807, 2.05) is 0 Å². The number of piperazine rings is 1. The predicted octanol–water partition coefficient (Wildman–Crippen LogP) is 4.08. The first kappa shape index (κ1) is 20.9. The molecule has 6 nitrogen and oxygen atoms in total. The van der Waals surface area contributed by atoms with Crippen LogP contribution in [0, 0.1) is 24.0 Å². The Labute approximate surface area is 195 Å². The number of nitrogens with zero attached hydrogens (tertiary/aromatic N) is 4. The summed E-state index contributed by atoms with van der Waals surface area (Å²) in [7, 11) is 1.70. The molecule has 2 unspecified atom stereocenters. The normalized spacial score (nSPS) is 20.1. The third-order valence-electron chi connectivity index (χ3n) is 7.01. The summed E-state index contributed by atoms with van der Waals surface area (Å²) >= 11 is 0. The number of piperidine rings is 1. The number of anilines is 1. The molecule has 0 aliphatic carbocycles. The Balaban J connectivity index is 1.54. The van der Waals surface area contributed by atoms with E-state index >= 15 is 4.39 Å². The van der Waals surface area contributed by atoms with Gasteiger partial charge < -0.3 is 15.3 Å². The molecule has 2 bridgehead atoms. The molecule has 0 amide bonds. The van der Waals surface area contributed by atoms with Crippen LogP contribution in [-0.2, 0) is 7.05 Å². The first-order chi connectivity index (χ1) is 16.4. The van der Waals surface area contributed by atoms with Gasteiger partial charge in [0.1, 0.15) is 22.8 Å². The number of phenols is 1. The smallest absolute Gasteiger partial charge is 0.175 e. The molecule has 0 radical (unpaired) electrons. The van der Waals surface area contributed by atoms with Crippen LogP contribution in [0.1, 0.15) is 24.8 Å². The largest absolute Gasteiger partial charge is 0.508 e. The third kappa shape index (κ3) is 3.11. The minimum Gasteiger partial charge on any atom is -0.508 e. The molecule has 2 saturated heterocycles. The van der Waals surface area contributed by atoms with E-state index in [1.165, 1.54) is 35.4 Å². The molecule has 2 aliphatic rings. The fourth-order valence-electron chi connectivity index (χ4n) is 5.56. The molecule has 0 spiro atoms. The van der Waals surface area contributed by atoms with Crippen molar-refractivity contribution in [1.82, 2.24) is 20.1 Å². The van der Waals surface area contributed by atoms with Crippen LogP contribution in [0.25, 0.3) is 32.9 Å². The summed E-state index contributed by atoms with van der Waals surface area (Å²) in [5.41, 5.74) is 0.536. The van der Waals surface area contributed by atoms with Crippen LogP contribution in [0.15, 0.2) is 30.5 Å². The lowest BCUT2D eigenvalue weighted by molar-refractivity contribution is 0.282. The monoisotopic (exact) mass is 459 g/mol. The number of terminal acetylenes is 1. The molecule has 2 aliphatic heterocycles. The lowest BCUT2D eigenvalue weighted by Gasteiger charge is -2.42. The van der Waals surface area contributed by atoms with Gasteiger partial charge in [-0.25, -0.2) is 8.78 Å². The van der Waals surface area contributed by atoms with Crippen LogP contribution < -0.4 is 10.2 Å². The maximum atomic E-state index is 16.0. The van der Waals surface area contributed by atoms with Crippen molar-refractivity contribution < 1.29 is 13.9 Å². The summed E-state index contributed by atoms with van der Waals surface area (Å²) < 4.78 is 32.1. The summed E-state index contributed by atoms with van der Waals surface area (Å²) in [6, 6.07) is 6.39. The number of rotatable bonds is 2. The van der Waals surface area contributed by atoms with Crippen LogP contribution in [0.5, 0.6) is 5.75 Å². The maximum absolute atomic E-state index is 16.0. The van der Waals surface area contributed by atoms with E-state index in [0.29, 0.717) is 39.6 Å². The molecule has 8 heteroatoms. The van der Waals surface area contributed by atoms with E-state index in [9.17, 15) is 9.50 Å². The van der Waals surface area contributed by atoms with Gasteiger partial charge in [0.15, 0.2) is 11.6 Å². The number of nitrogens with one attached hydrogen (secondary N) is 1. The van der Waals surface area contributed by atoms with Gasteiger partial charge in [0.05, 0.1) is 10.9 Å².